The molecule has 1 aromatic carbocycles. The monoisotopic (exact) mass is 263 g/mol. The van der Waals surface area contributed by atoms with Crippen molar-refractivity contribution < 1.29 is 4.39 Å². The van der Waals surface area contributed by atoms with Gasteiger partial charge in [-0.2, -0.15) is 0 Å². The molecule has 84 valence electrons. The third-order valence-corrected chi connectivity index (χ3v) is 3.86. The Bertz CT molecular complexity index is 675. The number of hydrogen-bond acceptors (Lipinski definition) is 2. The lowest BCUT2D eigenvalue weighted by molar-refractivity contribution is 0.628. The molecule has 0 unspecified atom stereocenters. The van der Waals surface area contributed by atoms with Gasteiger partial charge in [0.25, 0.3) is 0 Å². The van der Waals surface area contributed by atoms with Gasteiger partial charge in [0.1, 0.15) is 11.0 Å². The van der Waals surface area contributed by atoms with Crippen LogP contribution in [0.5, 0.6) is 0 Å². The maximum Gasteiger partial charge on any atom is 0.147 e. The summed E-state index contributed by atoms with van der Waals surface area (Å²) in [6.07, 6.45) is 0. The van der Waals surface area contributed by atoms with Gasteiger partial charge >= 0.3 is 0 Å². The van der Waals surface area contributed by atoms with Gasteiger partial charge in [-0.1, -0.05) is 11.6 Å². The molecule has 17 heavy (non-hydrogen) atoms. The fourth-order valence-corrected chi connectivity index (χ4v) is 2.80. The number of aromatic nitrogens is 1. The largest absolute Gasteiger partial charge is 0.235 e. The third-order valence-electron chi connectivity index (χ3n) is 2.53. The van der Waals surface area contributed by atoms with E-state index in [0.29, 0.717) is 5.15 Å². The van der Waals surface area contributed by atoms with Crippen LogP contribution in [-0.4, -0.2) is 4.98 Å². The summed E-state index contributed by atoms with van der Waals surface area (Å²) in [6, 6.07) is 10.2. The van der Waals surface area contributed by atoms with Crippen molar-refractivity contribution in [1.29, 1.82) is 0 Å². The molecule has 0 aliphatic heterocycles. The number of thiophene rings is 1. The van der Waals surface area contributed by atoms with E-state index in [2.05, 4.69) is 4.98 Å². The highest BCUT2D eigenvalue weighted by molar-refractivity contribution is 7.17. The van der Waals surface area contributed by atoms with Crippen LogP contribution in [0.4, 0.5) is 4.39 Å². The number of rotatable bonds is 1. The second-order valence-corrected chi connectivity index (χ2v) is 4.92. The van der Waals surface area contributed by atoms with E-state index in [0.717, 1.165) is 21.3 Å². The lowest BCUT2D eigenvalue weighted by atomic mass is 10.1. The molecular formula is C13H7ClFNS. The van der Waals surface area contributed by atoms with E-state index >= 15 is 0 Å². The Labute approximate surface area is 106 Å². The Morgan fingerprint density at radius 3 is 2.65 bits per heavy atom. The quantitative estimate of drug-likeness (QED) is 0.577. The molecule has 0 saturated heterocycles. The summed E-state index contributed by atoms with van der Waals surface area (Å²) in [5, 5.41) is 3.54. The third kappa shape index (κ3) is 1.92. The molecule has 0 atom stereocenters. The van der Waals surface area contributed by atoms with Crippen molar-refractivity contribution in [2.45, 2.75) is 0 Å². The van der Waals surface area contributed by atoms with Crippen LogP contribution >= 0.6 is 22.9 Å². The van der Waals surface area contributed by atoms with Crippen LogP contribution in [0.3, 0.4) is 0 Å². The van der Waals surface area contributed by atoms with E-state index in [1.165, 1.54) is 12.1 Å². The first-order valence-electron chi connectivity index (χ1n) is 5.04. The summed E-state index contributed by atoms with van der Waals surface area (Å²) in [7, 11) is 0. The average molecular weight is 264 g/mol. The van der Waals surface area contributed by atoms with Gasteiger partial charge < -0.3 is 0 Å². The molecule has 2 aromatic heterocycles. The molecule has 0 aliphatic carbocycles. The molecule has 0 aliphatic rings. The number of halogens is 2. The summed E-state index contributed by atoms with van der Waals surface area (Å²) in [4.78, 5) is 4.33. The van der Waals surface area contributed by atoms with Crippen molar-refractivity contribution in [1.82, 2.24) is 4.98 Å². The molecular weight excluding hydrogens is 257 g/mol. The zero-order valence-electron chi connectivity index (χ0n) is 8.65. The minimum Gasteiger partial charge on any atom is -0.235 e. The summed E-state index contributed by atoms with van der Waals surface area (Å²) >= 11 is 7.68. The number of pyridine rings is 1. The highest BCUT2D eigenvalue weighted by Crippen LogP contribution is 2.31. The van der Waals surface area contributed by atoms with Crippen molar-refractivity contribution in [3.63, 3.8) is 0 Å². The lowest BCUT2D eigenvalue weighted by Crippen LogP contribution is -1.84. The zero-order chi connectivity index (χ0) is 11.8. The van der Waals surface area contributed by atoms with Crippen LogP contribution in [0.2, 0.25) is 5.15 Å². The van der Waals surface area contributed by atoms with Gasteiger partial charge in [0, 0.05) is 5.56 Å². The Balaban J connectivity index is 2.20. The standard InChI is InChI=1S/C13H7ClFNS/c14-13-12-9(5-6-17-12)7-11(16-13)8-1-3-10(15)4-2-8/h1-7H. The van der Waals surface area contributed by atoms with Gasteiger partial charge in [-0.3, -0.25) is 0 Å². The molecule has 0 amide bonds. The molecule has 0 fully saturated rings. The van der Waals surface area contributed by atoms with E-state index in [1.54, 1.807) is 23.5 Å². The molecule has 4 heteroatoms. The molecule has 0 bridgehead atoms. The van der Waals surface area contributed by atoms with Gasteiger partial charge in [-0.15, -0.1) is 11.3 Å². The van der Waals surface area contributed by atoms with Crippen molar-refractivity contribution in [2.75, 3.05) is 0 Å². The molecule has 3 aromatic rings. The molecule has 2 heterocycles. The van der Waals surface area contributed by atoms with Crippen LogP contribution in [0.15, 0.2) is 41.8 Å². The fraction of sp³-hybridized carbons (Fsp3) is 0. The molecule has 1 nitrogen and oxygen atoms in total. The number of nitrogens with zero attached hydrogens (tertiary/aromatic N) is 1. The van der Waals surface area contributed by atoms with Crippen LogP contribution in [0, 0.1) is 5.82 Å². The maximum absolute atomic E-state index is 12.8. The normalized spacial score (nSPS) is 10.9. The van der Waals surface area contributed by atoms with Crippen LogP contribution < -0.4 is 0 Å². The number of hydrogen-bond donors (Lipinski definition) is 0. The minimum atomic E-state index is -0.253. The van der Waals surface area contributed by atoms with E-state index in [9.17, 15) is 4.39 Å². The second-order valence-electron chi connectivity index (χ2n) is 3.64. The SMILES string of the molecule is Fc1ccc(-c2cc3ccsc3c(Cl)n2)cc1. The fourth-order valence-electron chi connectivity index (χ4n) is 1.71. The highest BCUT2D eigenvalue weighted by atomic mass is 35.5. The molecule has 3 rings (SSSR count). The van der Waals surface area contributed by atoms with E-state index in [4.69, 9.17) is 11.6 Å². The van der Waals surface area contributed by atoms with E-state index in [-0.39, 0.29) is 5.82 Å². The number of fused-ring (bicyclic) bond motifs is 1. The first kappa shape index (κ1) is 10.7. The van der Waals surface area contributed by atoms with Gasteiger partial charge in [-0.25, -0.2) is 9.37 Å². The Morgan fingerprint density at radius 2 is 1.88 bits per heavy atom. The van der Waals surface area contributed by atoms with Crippen LogP contribution in [0.1, 0.15) is 0 Å². The summed E-state index contributed by atoms with van der Waals surface area (Å²) < 4.78 is 13.8. The lowest BCUT2D eigenvalue weighted by Gasteiger charge is -2.02. The van der Waals surface area contributed by atoms with Crippen molar-refractivity contribution in [3.8, 4) is 11.3 Å². The topological polar surface area (TPSA) is 12.9 Å². The highest BCUT2D eigenvalue weighted by Gasteiger charge is 2.07. The van der Waals surface area contributed by atoms with E-state index in [1.807, 2.05) is 17.5 Å². The van der Waals surface area contributed by atoms with Gasteiger partial charge in [0.15, 0.2) is 0 Å². The average Bonchev–Trinajstić information content (AvgIpc) is 2.78. The predicted octanol–water partition coefficient (Wildman–Crippen LogP) is 4.76. The number of benzene rings is 1. The van der Waals surface area contributed by atoms with Gasteiger partial charge in [0.05, 0.1) is 10.4 Å². The summed E-state index contributed by atoms with van der Waals surface area (Å²) in [5.41, 5.74) is 1.63. The molecule has 0 radical (unpaired) electrons. The first-order chi connectivity index (χ1) is 8.24. The zero-order valence-corrected chi connectivity index (χ0v) is 10.2. The van der Waals surface area contributed by atoms with Crippen molar-refractivity contribution in [3.05, 3.63) is 52.7 Å². The smallest absolute Gasteiger partial charge is 0.147 e. The minimum absolute atomic E-state index is 0.253. The summed E-state index contributed by atoms with van der Waals surface area (Å²) in [6.45, 7) is 0. The maximum atomic E-state index is 12.8. The summed E-state index contributed by atoms with van der Waals surface area (Å²) in [5.74, 6) is -0.253. The van der Waals surface area contributed by atoms with Crippen LogP contribution in [0.25, 0.3) is 21.3 Å². The predicted molar refractivity (Wildman–Crippen MR) is 70.0 cm³/mol. The Morgan fingerprint density at radius 1 is 1.12 bits per heavy atom. The first-order valence-corrected chi connectivity index (χ1v) is 6.29. The van der Waals surface area contributed by atoms with Gasteiger partial charge in [-0.05, 0) is 47.2 Å². The molecule has 0 N–H and O–H groups in total. The molecule has 0 spiro atoms. The Kier molecular flexibility index (Phi) is 2.57. The van der Waals surface area contributed by atoms with E-state index < -0.39 is 0 Å². The van der Waals surface area contributed by atoms with Gasteiger partial charge in [0.2, 0.25) is 0 Å². The second kappa shape index (κ2) is 4.09. The van der Waals surface area contributed by atoms with Crippen molar-refractivity contribution >= 4 is 33.0 Å². The van der Waals surface area contributed by atoms with Crippen LogP contribution in [-0.2, 0) is 0 Å². The Hall–Kier alpha value is -1.45. The molecule has 0 saturated carbocycles. The van der Waals surface area contributed by atoms with Crippen molar-refractivity contribution in [2.24, 2.45) is 0 Å².